The summed E-state index contributed by atoms with van der Waals surface area (Å²) in [5.74, 6) is 0.407. The van der Waals surface area contributed by atoms with Crippen LogP contribution in [0.5, 0.6) is 11.5 Å². The molecular formula is C24H21BrClN3O4. The molecule has 170 valence electrons. The molecule has 0 radical (unpaired) electrons. The van der Waals surface area contributed by atoms with Crippen molar-refractivity contribution in [1.29, 1.82) is 0 Å². The number of methoxy groups -OCH3 is 1. The van der Waals surface area contributed by atoms with Gasteiger partial charge in [0.05, 0.1) is 12.7 Å². The molecule has 0 aromatic heterocycles. The molecule has 3 aromatic carbocycles. The summed E-state index contributed by atoms with van der Waals surface area (Å²) in [6, 6.07) is 17.8. The third kappa shape index (κ3) is 5.07. The minimum Gasteiger partial charge on any atom is -0.497 e. The Morgan fingerprint density at radius 3 is 2.61 bits per heavy atom. The van der Waals surface area contributed by atoms with Gasteiger partial charge in [-0.05, 0) is 66.6 Å². The van der Waals surface area contributed by atoms with E-state index < -0.39 is 12.1 Å². The second-order valence-corrected chi connectivity index (χ2v) is 8.77. The van der Waals surface area contributed by atoms with Gasteiger partial charge >= 0.3 is 0 Å². The number of carbonyl (C=O) groups excluding carboxylic acids is 2. The van der Waals surface area contributed by atoms with E-state index in [1.807, 2.05) is 31.2 Å². The third-order valence-electron chi connectivity index (χ3n) is 5.15. The highest BCUT2D eigenvalue weighted by Gasteiger charge is 2.34. The Labute approximate surface area is 204 Å². The number of halogens is 2. The Morgan fingerprint density at radius 1 is 1.15 bits per heavy atom. The van der Waals surface area contributed by atoms with E-state index in [0.717, 1.165) is 15.6 Å². The van der Waals surface area contributed by atoms with Gasteiger partial charge in [-0.15, -0.1) is 0 Å². The van der Waals surface area contributed by atoms with Crippen molar-refractivity contribution in [2.24, 2.45) is 0 Å². The molecule has 1 heterocycles. The van der Waals surface area contributed by atoms with Crippen LogP contribution in [0.2, 0.25) is 5.02 Å². The summed E-state index contributed by atoms with van der Waals surface area (Å²) in [6.45, 7) is 1.57. The molecule has 0 fully saturated rings. The predicted octanol–water partition coefficient (Wildman–Crippen LogP) is 5.10. The van der Waals surface area contributed by atoms with E-state index in [-0.39, 0.29) is 12.5 Å². The van der Waals surface area contributed by atoms with Gasteiger partial charge in [0, 0.05) is 15.2 Å². The van der Waals surface area contributed by atoms with Crippen LogP contribution in [0.1, 0.15) is 27.7 Å². The largest absolute Gasteiger partial charge is 0.497 e. The van der Waals surface area contributed by atoms with Crippen molar-refractivity contribution in [3.8, 4) is 11.5 Å². The molecule has 1 atom stereocenters. The summed E-state index contributed by atoms with van der Waals surface area (Å²) in [7, 11) is 1.58. The minimum absolute atomic E-state index is 0.271. The van der Waals surface area contributed by atoms with E-state index in [1.54, 1.807) is 43.5 Å². The zero-order valence-electron chi connectivity index (χ0n) is 17.9. The number of fused-ring (bicyclic) bond motifs is 1. The first kappa shape index (κ1) is 22.9. The highest BCUT2D eigenvalue weighted by molar-refractivity contribution is 9.10. The SMILES string of the molecule is COc1ccc(C2Nc3ccc(Br)cc3C(=O)N2NC(=O)COc2ccc(Cl)cc2C)cc1. The van der Waals surface area contributed by atoms with Crippen LogP contribution >= 0.6 is 27.5 Å². The van der Waals surface area contributed by atoms with Crippen LogP contribution in [0.15, 0.2) is 65.1 Å². The average molecular weight is 531 g/mol. The Hall–Kier alpha value is -3.23. The van der Waals surface area contributed by atoms with E-state index in [4.69, 9.17) is 21.1 Å². The van der Waals surface area contributed by atoms with E-state index in [1.165, 1.54) is 5.01 Å². The molecule has 7 nitrogen and oxygen atoms in total. The quantitative estimate of drug-likeness (QED) is 0.464. The minimum atomic E-state index is -0.627. The van der Waals surface area contributed by atoms with Gasteiger partial charge in [-0.2, -0.15) is 0 Å². The van der Waals surface area contributed by atoms with Crippen molar-refractivity contribution in [3.05, 3.63) is 86.8 Å². The number of nitrogens with one attached hydrogen (secondary N) is 2. The summed E-state index contributed by atoms with van der Waals surface area (Å²) in [5.41, 5.74) is 5.37. The molecule has 0 aliphatic carbocycles. The van der Waals surface area contributed by atoms with Crippen LogP contribution in [0.3, 0.4) is 0 Å². The van der Waals surface area contributed by atoms with Gasteiger partial charge in [-0.25, -0.2) is 5.01 Å². The van der Waals surface area contributed by atoms with Gasteiger partial charge in [-0.3, -0.25) is 15.0 Å². The maximum Gasteiger partial charge on any atom is 0.276 e. The molecule has 3 aromatic rings. The highest BCUT2D eigenvalue weighted by atomic mass is 79.9. The van der Waals surface area contributed by atoms with E-state index in [9.17, 15) is 9.59 Å². The van der Waals surface area contributed by atoms with Crippen LogP contribution in [0, 0.1) is 6.92 Å². The van der Waals surface area contributed by atoms with E-state index >= 15 is 0 Å². The lowest BCUT2D eigenvalue weighted by molar-refractivity contribution is -0.127. The summed E-state index contributed by atoms with van der Waals surface area (Å²) < 4.78 is 11.6. The van der Waals surface area contributed by atoms with Crippen molar-refractivity contribution < 1.29 is 19.1 Å². The lowest BCUT2D eigenvalue weighted by Gasteiger charge is -2.37. The first-order valence-corrected chi connectivity index (χ1v) is 11.2. The Kier molecular flexibility index (Phi) is 6.76. The topological polar surface area (TPSA) is 79.9 Å². The van der Waals surface area contributed by atoms with Gasteiger partial charge in [0.2, 0.25) is 0 Å². The number of benzene rings is 3. The van der Waals surface area contributed by atoms with Crippen LogP contribution in [0.25, 0.3) is 0 Å². The molecule has 2 amide bonds. The Bertz CT molecular complexity index is 1200. The van der Waals surface area contributed by atoms with Crippen LogP contribution in [0.4, 0.5) is 5.69 Å². The molecule has 2 N–H and O–H groups in total. The van der Waals surface area contributed by atoms with E-state index in [0.29, 0.717) is 27.8 Å². The molecule has 1 unspecified atom stereocenters. The number of ether oxygens (including phenoxy) is 2. The molecule has 0 spiro atoms. The second-order valence-electron chi connectivity index (χ2n) is 7.42. The average Bonchev–Trinajstić information content (AvgIpc) is 2.80. The number of hydrogen-bond donors (Lipinski definition) is 2. The summed E-state index contributed by atoms with van der Waals surface area (Å²) in [4.78, 5) is 26.1. The zero-order valence-corrected chi connectivity index (χ0v) is 20.2. The standard InChI is InChI=1S/C24H21BrClN3O4/c1-14-11-17(26)6-10-21(14)33-13-22(30)28-29-23(15-3-7-18(32-2)8-4-15)27-20-9-5-16(25)12-19(20)24(29)31/h3-12,23,27H,13H2,1-2H3,(H,28,30). The fourth-order valence-corrected chi connectivity index (χ4v) is 4.08. The molecule has 0 saturated carbocycles. The predicted molar refractivity (Wildman–Crippen MR) is 129 cm³/mol. The number of aryl methyl sites for hydroxylation is 1. The number of amides is 2. The summed E-state index contributed by atoms with van der Waals surface area (Å²) in [5, 5.41) is 5.19. The van der Waals surface area contributed by atoms with Crippen molar-refractivity contribution in [2.75, 3.05) is 19.0 Å². The summed E-state index contributed by atoms with van der Waals surface area (Å²) >= 11 is 9.37. The first-order valence-electron chi connectivity index (χ1n) is 10.1. The van der Waals surface area contributed by atoms with Crippen LogP contribution in [-0.4, -0.2) is 30.5 Å². The maximum absolute atomic E-state index is 13.3. The smallest absolute Gasteiger partial charge is 0.276 e. The monoisotopic (exact) mass is 529 g/mol. The fourth-order valence-electron chi connectivity index (χ4n) is 3.50. The Morgan fingerprint density at radius 2 is 1.91 bits per heavy atom. The molecule has 0 saturated heterocycles. The molecule has 1 aliphatic heterocycles. The number of rotatable bonds is 6. The number of carbonyl (C=O) groups is 2. The second kappa shape index (κ2) is 9.72. The fraction of sp³-hybridized carbons (Fsp3) is 0.167. The number of anilines is 1. The molecule has 0 bridgehead atoms. The molecule has 9 heteroatoms. The molecule has 4 rings (SSSR count). The van der Waals surface area contributed by atoms with E-state index in [2.05, 4.69) is 26.7 Å². The normalized spacial score (nSPS) is 14.8. The van der Waals surface area contributed by atoms with Crippen LogP contribution < -0.4 is 20.2 Å². The highest BCUT2D eigenvalue weighted by Crippen LogP contribution is 2.34. The van der Waals surface area contributed by atoms with Crippen LogP contribution in [-0.2, 0) is 4.79 Å². The van der Waals surface area contributed by atoms with Gasteiger partial charge in [0.15, 0.2) is 6.61 Å². The van der Waals surface area contributed by atoms with Gasteiger partial charge < -0.3 is 14.8 Å². The maximum atomic E-state index is 13.3. The number of hydrogen-bond acceptors (Lipinski definition) is 5. The lowest BCUT2D eigenvalue weighted by atomic mass is 10.0. The first-order chi connectivity index (χ1) is 15.9. The zero-order chi connectivity index (χ0) is 23.5. The van der Waals surface area contributed by atoms with Crippen molar-refractivity contribution >= 4 is 45.0 Å². The molecular weight excluding hydrogens is 510 g/mol. The summed E-state index contributed by atoms with van der Waals surface area (Å²) in [6.07, 6.45) is -0.627. The van der Waals surface area contributed by atoms with Crippen molar-refractivity contribution in [3.63, 3.8) is 0 Å². The van der Waals surface area contributed by atoms with Crippen molar-refractivity contribution in [1.82, 2.24) is 10.4 Å². The lowest BCUT2D eigenvalue weighted by Crippen LogP contribution is -2.53. The number of nitrogens with zero attached hydrogens (tertiary/aromatic N) is 1. The number of hydrazine groups is 1. The van der Waals surface area contributed by atoms with Crippen molar-refractivity contribution in [2.45, 2.75) is 13.1 Å². The van der Waals surface area contributed by atoms with Gasteiger partial charge in [-0.1, -0.05) is 39.7 Å². The third-order valence-corrected chi connectivity index (χ3v) is 5.88. The molecule has 33 heavy (non-hydrogen) atoms. The Balaban J connectivity index is 1.57. The molecule has 1 aliphatic rings. The van der Waals surface area contributed by atoms with Gasteiger partial charge in [0.1, 0.15) is 17.7 Å². The van der Waals surface area contributed by atoms with Gasteiger partial charge in [0.25, 0.3) is 11.8 Å².